The summed E-state index contributed by atoms with van der Waals surface area (Å²) in [6.07, 6.45) is 7.06. The molecule has 8 aromatic carbocycles. The Kier molecular flexibility index (Phi) is 8.22. The van der Waals surface area contributed by atoms with E-state index in [0.29, 0.717) is 5.92 Å². The third-order valence-electron chi connectivity index (χ3n) is 18.1. The van der Waals surface area contributed by atoms with Gasteiger partial charge in [0.25, 0.3) is 0 Å². The van der Waals surface area contributed by atoms with Crippen molar-refractivity contribution in [2.45, 2.75) is 76.5 Å². The van der Waals surface area contributed by atoms with Crippen molar-refractivity contribution in [1.29, 1.82) is 0 Å². The summed E-state index contributed by atoms with van der Waals surface area (Å²) < 4.78 is 0. The predicted octanol–water partition coefficient (Wildman–Crippen LogP) is 13.7. The van der Waals surface area contributed by atoms with Crippen LogP contribution >= 0.6 is 0 Å². The van der Waals surface area contributed by atoms with E-state index in [2.05, 4.69) is 215 Å². The molecule has 0 radical (unpaired) electrons. The van der Waals surface area contributed by atoms with Gasteiger partial charge in [0.2, 0.25) is 0 Å². The van der Waals surface area contributed by atoms with E-state index >= 15 is 0 Å². The topological polar surface area (TPSA) is 3.24 Å². The summed E-state index contributed by atoms with van der Waals surface area (Å²) in [5, 5.41) is 6.02. The van der Waals surface area contributed by atoms with Gasteiger partial charge in [0.05, 0.1) is 0 Å². The van der Waals surface area contributed by atoms with Crippen molar-refractivity contribution in [1.82, 2.24) is 0 Å². The third kappa shape index (κ3) is 5.28. The van der Waals surface area contributed by atoms with Gasteiger partial charge in [-0.1, -0.05) is 173 Å². The first-order chi connectivity index (χ1) is 32.2. The SMILES string of the molecule is CC1(C)c2ccccc2-c2ccc(N(c3cc(C4C5CC6CC(C5)CC4C6)cc([Si]4(c5ccccc5)c5ccccc5-c5ccccc54)c3)c3ccc4c(c3)C(C)(C)c3ccccc3-4)cc21. The lowest BCUT2D eigenvalue weighted by Crippen LogP contribution is -2.73. The Balaban J connectivity index is 1.06. The van der Waals surface area contributed by atoms with E-state index in [1.165, 1.54) is 126 Å². The number of hydrogen-bond acceptors (Lipinski definition) is 1. The molecule has 6 aliphatic carbocycles. The molecule has 1 nitrogen and oxygen atoms in total. The molecule has 66 heavy (non-hydrogen) atoms. The first-order valence-corrected chi connectivity index (χ1v) is 26.9. The molecule has 7 aliphatic rings. The Morgan fingerprint density at radius 2 is 0.833 bits per heavy atom. The van der Waals surface area contributed by atoms with Gasteiger partial charge in [0.15, 0.2) is 8.07 Å². The van der Waals surface area contributed by atoms with Crippen LogP contribution in [0.1, 0.15) is 93.5 Å². The highest BCUT2D eigenvalue weighted by Crippen LogP contribution is 2.60. The Labute approximate surface area is 392 Å². The average molecular weight is 868 g/mol. The Hall–Kier alpha value is -6.22. The van der Waals surface area contributed by atoms with E-state index < -0.39 is 8.07 Å². The summed E-state index contributed by atoms with van der Waals surface area (Å²) in [4.78, 5) is 2.68. The predicted molar refractivity (Wildman–Crippen MR) is 279 cm³/mol. The van der Waals surface area contributed by atoms with Gasteiger partial charge >= 0.3 is 0 Å². The van der Waals surface area contributed by atoms with E-state index in [-0.39, 0.29) is 10.8 Å². The summed E-state index contributed by atoms with van der Waals surface area (Å²) in [5.41, 5.74) is 19.0. The molecule has 4 bridgehead atoms. The highest BCUT2D eigenvalue weighted by molar-refractivity contribution is 7.22. The van der Waals surface area contributed by atoms with E-state index in [0.717, 1.165) is 23.7 Å². The lowest BCUT2D eigenvalue weighted by molar-refractivity contribution is -0.00273. The molecule has 0 spiro atoms. The molecule has 0 amide bonds. The van der Waals surface area contributed by atoms with Gasteiger partial charge in [-0.05, 0) is 180 Å². The van der Waals surface area contributed by atoms with Crippen LogP contribution in [0.25, 0.3) is 33.4 Å². The van der Waals surface area contributed by atoms with Crippen LogP contribution < -0.4 is 25.6 Å². The number of rotatable bonds is 6. The minimum absolute atomic E-state index is 0.121. The maximum Gasteiger partial charge on any atom is 0.180 e. The van der Waals surface area contributed by atoms with Crippen molar-refractivity contribution in [3.05, 3.63) is 210 Å². The molecule has 0 saturated heterocycles. The molecule has 4 fully saturated rings. The van der Waals surface area contributed by atoms with Gasteiger partial charge in [-0.3, -0.25) is 0 Å². The maximum atomic E-state index is 2.78. The molecule has 1 heterocycles. The van der Waals surface area contributed by atoms with E-state index in [9.17, 15) is 0 Å². The molecule has 1 aliphatic heterocycles. The van der Waals surface area contributed by atoms with Gasteiger partial charge in [-0.25, -0.2) is 0 Å². The van der Waals surface area contributed by atoms with Crippen molar-refractivity contribution in [2.24, 2.45) is 23.7 Å². The second kappa shape index (κ2) is 13.9. The molecular formula is C64H57NSi. The van der Waals surface area contributed by atoms with E-state index in [1.807, 2.05) is 0 Å². The van der Waals surface area contributed by atoms with Crippen molar-refractivity contribution in [3.63, 3.8) is 0 Å². The lowest BCUT2D eigenvalue weighted by atomic mass is 9.51. The van der Waals surface area contributed by atoms with Crippen LogP contribution in [0.3, 0.4) is 0 Å². The molecule has 0 unspecified atom stereocenters. The Morgan fingerprint density at radius 1 is 0.379 bits per heavy atom. The highest BCUT2D eigenvalue weighted by Gasteiger charge is 2.52. The zero-order valence-electron chi connectivity index (χ0n) is 38.7. The summed E-state index contributed by atoms with van der Waals surface area (Å²) in [7, 11) is -2.83. The van der Waals surface area contributed by atoms with E-state index in [4.69, 9.17) is 0 Å². The molecule has 0 N–H and O–H groups in total. The molecular weight excluding hydrogens is 811 g/mol. The minimum atomic E-state index is -2.83. The number of anilines is 3. The quantitative estimate of drug-likeness (QED) is 0.151. The zero-order chi connectivity index (χ0) is 44.1. The molecule has 322 valence electrons. The highest BCUT2D eigenvalue weighted by atomic mass is 28.3. The van der Waals surface area contributed by atoms with Crippen molar-refractivity contribution in [3.8, 4) is 33.4 Å². The summed E-state index contributed by atoms with van der Waals surface area (Å²) in [6, 6.07) is 71.8. The summed E-state index contributed by atoms with van der Waals surface area (Å²) >= 11 is 0. The summed E-state index contributed by atoms with van der Waals surface area (Å²) in [6.45, 7) is 9.71. The smallest absolute Gasteiger partial charge is 0.180 e. The van der Waals surface area contributed by atoms with Crippen LogP contribution in [0.4, 0.5) is 17.1 Å². The fraction of sp³-hybridized carbons (Fsp3) is 0.250. The monoisotopic (exact) mass is 867 g/mol. The second-order valence-corrected chi connectivity index (χ2v) is 25.8. The molecule has 8 aromatic rings. The van der Waals surface area contributed by atoms with Crippen LogP contribution in [-0.4, -0.2) is 8.07 Å². The van der Waals surface area contributed by atoms with Gasteiger partial charge in [0.1, 0.15) is 0 Å². The minimum Gasteiger partial charge on any atom is -0.310 e. The van der Waals surface area contributed by atoms with Crippen LogP contribution in [0.15, 0.2) is 182 Å². The largest absolute Gasteiger partial charge is 0.310 e. The normalized spacial score (nSPS) is 23.4. The van der Waals surface area contributed by atoms with Crippen LogP contribution in [0.2, 0.25) is 0 Å². The van der Waals surface area contributed by atoms with E-state index in [1.54, 1.807) is 5.56 Å². The maximum absolute atomic E-state index is 2.83. The van der Waals surface area contributed by atoms with Gasteiger partial charge < -0.3 is 4.90 Å². The zero-order valence-corrected chi connectivity index (χ0v) is 39.7. The number of nitrogens with zero attached hydrogens (tertiary/aromatic N) is 1. The summed E-state index contributed by atoms with van der Waals surface area (Å²) in [5.74, 6) is 3.93. The van der Waals surface area contributed by atoms with Gasteiger partial charge in [-0.15, -0.1) is 0 Å². The Bertz CT molecular complexity index is 3120. The molecule has 4 saturated carbocycles. The van der Waals surface area contributed by atoms with Gasteiger partial charge in [0, 0.05) is 27.9 Å². The van der Waals surface area contributed by atoms with Crippen molar-refractivity contribution in [2.75, 3.05) is 4.90 Å². The standard InChI is InChI=1S/C64H57NSi/c1-63(2)56-22-12-8-18-50(56)52-28-26-45(38-58(52)63)65(46-27-29-53-51-19-9-13-23-57(51)64(3,4)59(53)39-46)47-35-44(62-42-31-40-30-41(33-42)34-43(62)32-40)36-49(37-47)66(48-16-6-5-7-17-48)60-24-14-10-20-54(60)55-21-11-15-25-61(55)66/h5-29,35-43,62H,30-34H2,1-4H3. The number of benzene rings is 8. The van der Waals surface area contributed by atoms with Crippen LogP contribution in [-0.2, 0) is 10.8 Å². The van der Waals surface area contributed by atoms with Gasteiger partial charge in [-0.2, -0.15) is 0 Å². The van der Waals surface area contributed by atoms with Crippen LogP contribution in [0.5, 0.6) is 0 Å². The fourth-order valence-corrected chi connectivity index (χ4v) is 20.7. The molecule has 15 rings (SSSR count). The molecule has 2 heteroatoms. The second-order valence-electron chi connectivity index (χ2n) is 22.1. The average Bonchev–Trinajstić information content (AvgIpc) is 3.86. The van der Waals surface area contributed by atoms with Crippen molar-refractivity contribution >= 4 is 45.9 Å². The Morgan fingerprint density at radius 3 is 1.36 bits per heavy atom. The fourth-order valence-electron chi connectivity index (χ4n) is 15.5. The van der Waals surface area contributed by atoms with Crippen molar-refractivity contribution < 1.29 is 0 Å². The molecule has 0 atom stereocenters. The number of fused-ring (bicyclic) bond motifs is 9. The number of hydrogen-bond donors (Lipinski definition) is 0. The lowest BCUT2D eigenvalue weighted by Gasteiger charge is -2.55. The first kappa shape index (κ1) is 39.0. The van der Waals surface area contributed by atoms with Crippen LogP contribution in [0, 0.1) is 23.7 Å². The third-order valence-corrected chi connectivity index (χ3v) is 22.9. The first-order valence-electron chi connectivity index (χ1n) is 24.9. The molecule has 0 aromatic heterocycles.